The van der Waals surface area contributed by atoms with Crippen LogP contribution in [-0.4, -0.2) is 11.2 Å². The molecule has 1 N–H and O–H groups in total. The maximum atomic E-state index is 9.82. The van der Waals surface area contributed by atoms with Crippen LogP contribution in [0.5, 0.6) is 0 Å². The molecule has 0 heterocycles. The topological polar surface area (TPSA) is 20.2 Å². The van der Waals surface area contributed by atoms with Crippen LogP contribution in [-0.2, 0) is 0 Å². The number of aliphatic hydroxyl groups is 1. The van der Waals surface area contributed by atoms with Crippen molar-refractivity contribution >= 4 is 0 Å². The molecule has 0 saturated heterocycles. The number of hydrogen-bond acceptors (Lipinski definition) is 1. The predicted octanol–water partition coefficient (Wildman–Crippen LogP) is 1.66. The fourth-order valence-electron chi connectivity index (χ4n) is 4.16. The maximum Gasteiger partial charge on any atom is 0.0683 e. The van der Waals surface area contributed by atoms with Gasteiger partial charge in [0.2, 0.25) is 0 Å². The maximum absolute atomic E-state index is 9.82. The number of rotatable bonds is 2. The van der Waals surface area contributed by atoms with Gasteiger partial charge in [0.1, 0.15) is 0 Å². The summed E-state index contributed by atoms with van der Waals surface area (Å²) < 4.78 is 0. The van der Waals surface area contributed by atoms with Crippen LogP contribution in [0.15, 0.2) is 0 Å². The average molecular weight is 176 g/mol. The van der Waals surface area contributed by atoms with Crippen molar-refractivity contribution in [2.75, 3.05) is 0 Å². The van der Waals surface area contributed by atoms with Gasteiger partial charge in [0.25, 0.3) is 0 Å². The second kappa shape index (κ2) is 2.51. The Morgan fingerprint density at radius 3 is 2.46 bits per heavy atom. The van der Waals surface area contributed by atoms with Crippen LogP contribution in [0.1, 0.15) is 25.7 Å². The third-order valence-electron chi connectivity index (χ3n) is 4.57. The summed E-state index contributed by atoms with van der Waals surface area (Å²) in [5.74, 6) is 6.79. The summed E-state index contributed by atoms with van der Waals surface area (Å²) in [7, 11) is 0. The van der Waals surface area contributed by atoms with Gasteiger partial charge in [-0.3, -0.25) is 0 Å². The van der Waals surface area contributed by atoms with Gasteiger partial charge in [-0.2, -0.15) is 0 Å². The van der Waals surface area contributed by atoms with Crippen LogP contribution in [0.3, 0.4) is 0 Å². The van der Waals surface area contributed by atoms with Gasteiger partial charge < -0.3 is 5.11 Å². The van der Waals surface area contributed by atoms with Crippen LogP contribution in [0.2, 0.25) is 0 Å². The van der Waals surface area contributed by atoms with Crippen LogP contribution in [0.4, 0.5) is 0 Å². The van der Waals surface area contributed by atoms with Crippen molar-refractivity contribution in [1.29, 1.82) is 0 Å². The van der Waals surface area contributed by atoms with Crippen molar-refractivity contribution in [2.24, 2.45) is 29.6 Å². The van der Waals surface area contributed by atoms with Crippen LogP contribution in [0.25, 0.3) is 0 Å². The second-order valence-corrected chi connectivity index (χ2v) is 5.04. The Morgan fingerprint density at radius 1 is 1.31 bits per heavy atom. The van der Waals surface area contributed by atoms with Gasteiger partial charge in [0.05, 0.1) is 6.10 Å². The van der Waals surface area contributed by atoms with Crippen molar-refractivity contribution < 1.29 is 5.11 Å². The molecule has 5 unspecified atom stereocenters. The molecule has 0 spiro atoms. The summed E-state index contributed by atoms with van der Waals surface area (Å²) in [6, 6.07) is 0. The van der Waals surface area contributed by atoms with E-state index in [-0.39, 0.29) is 6.10 Å². The third-order valence-corrected chi connectivity index (χ3v) is 4.57. The highest BCUT2D eigenvalue weighted by atomic mass is 16.3. The van der Waals surface area contributed by atoms with Gasteiger partial charge in [-0.05, 0) is 48.9 Å². The van der Waals surface area contributed by atoms with E-state index in [1.165, 1.54) is 19.3 Å². The summed E-state index contributed by atoms with van der Waals surface area (Å²) in [4.78, 5) is 0. The summed E-state index contributed by atoms with van der Waals surface area (Å²) in [6.45, 7) is 0. The largest absolute Gasteiger partial charge is 0.392 e. The molecule has 3 aliphatic rings. The Bertz CT molecular complexity index is 249. The fraction of sp³-hybridized carbons (Fsp3) is 0.833. The summed E-state index contributed by atoms with van der Waals surface area (Å²) in [5.41, 5.74) is 0. The first-order chi connectivity index (χ1) is 6.33. The van der Waals surface area contributed by atoms with E-state index in [9.17, 15) is 5.11 Å². The molecular weight excluding hydrogens is 160 g/mol. The van der Waals surface area contributed by atoms with Crippen molar-refractivity contribution in [2.45, 2.75) is 31.8 Å². The lowest BCUT2D eigenvalue weighted by atomic mass is 9.98. The van der Waals surface area contributed by atoms with Gasteiger partial charge in [-0.1, -0.05) is 0 Å². The van der Waals surface area contributed by atoms with Gasteiger partial charge in [-0.15, -0.1) is 12.3 Å². The van der Waals surface area contributed by atoms with Crippen LogP contribution >= 0.6 is 0 Å². The number of terminal acetylenes is 1. The molecule has 70 valence electrons. The van der Waals surface area contributed by atoms with Gasteiger partial charge in [0.15, 0.2) is 0 Å². The lowest BCUT2D eigenvalue weighted by Crippen LogP contribution is -2.14. The summed E-state index contributed by atoms with van der Waals surface area (Å²) >= 11 is 0. The minimum Gasteiger partial charge on any atom is -0.392 e. The molecule has 2 bridgehead atoms. The Hall–Kier alpha value is -0.480. The smallest absolute Gasteiger partial charge is 0.0683 e. The molecule has 0 radical (unpaired) electrons. The SMILES string of the molecule is C#CCC(O)C1C2C3CCC(C3)C12. The van der Waals surface area contributed by atoms with Gasteiger partial charge in [-0.25, -0.2) is 0 Å². The molecule has 1 nitrogen and oxygen atoms in total. The molecule has 3 saturated carbocycles. The van der Waals surface area contributed by atoms with Crippen molar-refractivity contribution in [3.8, 4) is 12.3 Å². The Morgan fingerprint density at radius 2 is 1.92 bits per heavy atom. The molecule has 1 heteroatoms. The van der Waals surface area contributed by atoms with Gasteiger partial charge in [0, 0.05) is 6.42 Å². The van der Waals surface area contributed by atoms with Crippen LogP contribution in [0, 0.1) is 41.9 Å². The van der Waals surface area contributed by atoms with E-state index < -0.39 is 0 Å². The Balaban J connectivity index is 1.70. The monoisotopic (exact) mass is 176 g/mol. The number of hydrogen-bond donors (Lipinski definition) is 1. The minimum atomic E-state index is -0.191. The molecule has 0 aromatic rings. The van der Waals surface area contributed by atoms with E-state index >= 15 is 0 Å². The average Bonchev–Trinajstić information content (AvgIpc) is 2.57. The Kier molecular flexibility index (Phi) is 1.52. The highest BCUT2D eigenvalue weighted by Gasteiger charge is 2.66. The molecule has 5 atom stereocenters. The molecule has 13 heavy (non-hydrogen) atoms. The molecule has 3 aliphatic carbocycles. The summed E-state index contributed by atoms with van der Waals surface area (Å²) in [6.07, 6.45) is 9.89. The minimum absolute atomic E-state index is 0.191. The summed E-state index contributed by atoms with van der Waals surface area (Å²) in [5, 5.41) is 9.82. The molecular formula is C12H16O. The third kappa shape index (κ3) is 0.929. The Labute approximate surface area is 79.5 Å². The lowest BCUT2D eigenvalue weighted by molar-refractivity contribution is 0.133. The number of aliphatic hydroxyl groups excluding tert-OH is 1. The highest BCUT2D eigenvalue weighted by Crippen LogP contribution is 2.70. The van der Waals surface area contributed by atoms with E-state index in [4.69, 9.17) is 6.42 Å². The quantitative estimate of drug-likeness (QED) is 0.634. The normalized spacial score (nSPS) is 52.8. The van der Waals surface area contributed by atoms with E-state index in [1.54, 1.807) is 0 Å². The van der Waals surface area contributed by atoms with E-state index in [0.29, 0.717) is 12.3 Å². The first-order valence-corrected chi connectivity index (χ1v) is 5.44. The fourth-order valence-corrected chi connectivity index (χ4v) is 4.16. The number of fused-ring (bicyclic) bond motifs is 5. The van der Waals surface area contributed by atoms with Crippen molar-refractivity contribution in [3.63, 3.8) is 0 Å². The van der Waals surface area contributed by atoms with Crippen molar-refractivity contribution in [1.82, 2.24) is 0 Å². The zero-order chi connectivity index (χ0) is 9.00. The van der Waals surface area contributed by atoms with Gasteiger partial charge >= 0.3 is 0 Å². The molecule has 0 aliphatic heterocycles. The van der Waals surface area contributed by atoms with E-state index in [0.717, 1.165) is 23.7 Å². The van der Waals surface area contributed by atoms with Crippen molar-refractivity contribution in [3.05, 3.63) is 0 Å². The molecule has 0 amide bonds. The van der Waals surface area contributed by atoms with E-state index in [1.807, 2.05) is 0 Å². The molecule has 3 rings (SSSR count). The highest BCUT2D eigenvalue weighted by molar-refractivity contribution is 5.15. The lowest BCUT2D eigenvalue weighted by Gasteiger charge is -2.12. The standard InChI is InChI=1S/C12H16O/c1-2-3-9(13)12-10-7-4-5-8(6-7)11(10)12/h1,7-13H,3-6H2. The predicted molar refractivity (Wildman–Crippen MR) is 50.8 cm³/mol. The molecule has 0 aromatic heterocycles. The zero-order valence-corrected chi connectivity index (χ0v) is 7.82. The first kappa shape index (κ1) is 7.88. The second-order valence-electron chi connectivity index (χ2n) is 5.04. The zero-order valence-electron chi connectivity index (χ0n) is 7.82. The first-order valence-electron chi connectivity index (χ1n) is 5.44. The van der Waals surface area contributed by atoms with Crippen LogP contribution < -0.4 is 0 Å². The van der Waals surface area contributed by atoms with E-state index in [2.05, 4.69) is 5.92 Å². The molecule has 3 fully saturated rings. The molecule has 0 aromatic carbocycles.